The van der Waals surface area contributed by atoms with Crippen molar-refractivity contribution in [3.8, 4) is 5.75 Å². The lowest BCUT2D eigenvalue weighted by atomic mass is 10.1. The number of benzene rings is 1. The number of aromatic nitrogens is 1. The van der Waals surface area contributed by atoms with Gasteiger partial charge in [-0.15, -0.1) is 0 Å². The number of pyridine rings is 1. The summed E-state index contributed by atoms with van der Waals surface area (Å²) in [5, 5.41) is 0.476. The fourth-order valence-corrected chi connectivity index (χ4v) is 1.88. The molecule has 0 amide bonds. The van der Waals surface area contributed by atoms with Crippen LogP contribution in [0.25, 0.3) is 0 Å². The second kappa shape index (κ2) is 5.19. The summed E-state index contributed by atoms with van der Waals surface area (Å²) < 4.78 is 5.64. The fourth-order valence-electron chi connectivity index (χ4n) is 1.77. The van der Waals surface area contributed by atoms with Crippen molar-refractivity contribution >= 4 is 11.6 Å². The summed E-state index contributed by atoms with van der Waals surface area (Å²) in [5.41, 5.74) is 3.66. The zero-order valence-corrected chi connectivity index (χ0v) is 10.7. The maximum atomic E-state index is 5.70. The van der Waals surface area contributed by atoms with Crippen molar-refractivity contribution < 1.29 is 4.74 Å². The third kappa shape index (κ3) is 3.46. The van der Waals surface area contributed by atoms with E-state index in [-0.39, 0.29) is 0 Å². The maximum Gasteiger partial charge on any atom is 0.138 e. The Hall–Kier alpha value is -1.54. The Kier molecular flexibility index (Phi) is 3.64. The van der Waals surface area contributed by atoms with Gasteiger partial charge in [-0.25, -0.2) is 4.98 Å². The average molecular weight is 248 g/mol. The quantitative estimate of drug-likeness (QED) is 0.767. The normalized spacial score (nSPS) is 10.3. The van der Waals surface area contributed by atoms with Crippen LogP contribution in [0, 0.1) is 13.8 Å². The molecular weight excluding hydrogens is 234 g/mol. The highest BCUT2D eigenvalue weighted by molar-refractivity contribution is 6.29. The lowest BCUT2D eigenvalue weighted by molar-refractivity contribution is 0.305. The molecule has 1 aromatic heterocycles. The van der Waals surface area contributed by atoms with Crippen LogP contribution in [0.15, 0.2) is 36.5 Å². The van der Waals surface area contributed by atoms with Crippen molar-refractivity contribution in [2.45, 2.75) is 20.5 Å². The number of halogens is 1. The molecule has 0 bridgehead atoms. The lowest BCUT2D eigenvalue weighted by Crippen LogP contribution is -1.97. The molecule has 1 heterocycles. The van der Waals surface area contributed by atoms with Gasteiger partial charge in [0.1, 0.15) is 17.5 Å². The van der Waals surface area contributed by atoms with Gasteiger partial charge in [0.05, 0.1) is 6.20 Å². The molecule has 88 valence electrons. The van der Waals surface area contributed by atoms with Crippen molar-refractivity contribution in [3.05, 3.63) is 58.4 Å². The fraction of sp³-hybridized carbons (Fsp3) is 0.214. The molecule has 3 heteroatoms. The second-order valence-corrected chi connectivity index (χ2v) is 4.49. The molecule has 0 N–H and O–H groups in total. The van der Waals surface area contributed by atoms with Gasteiger partial charge >= 0.3 is 0 Å². The predicted molar refractivity (Wildman–Crippen MR) is 69.5 cm³/mol. The minimum atomic E-state index is 0.476. The first kappa shape index (κ1) is 11.9. The van der Waals surface area contributed by atoms with Crippen LogP contribution in [0.5, 0.6) is 5.75 Å². The van der Waals surface area contributed by atoms with Gasteiger partial charge in [0.2, 0.25) is 0 Å². The third-order valence-electron chi connectivity index (χ3n) is 2.39. The molecule has 0 atom stereocenters. The summed E-state index contributed by atoms with van der Waals surface area (Å²) in [4.78, 5) is 3.97. The van der Waals surface area contributed by atoms with E-state index in [2.05, 4.69) is 37.0 Å². The Morgan fingerprint density at radius 3 is 2.41 bits per heavy atom. The van der Waals surface area contributed by atoms with Crippen LogP contribution in [0.1, 0.15) is 16.7 Å². The van der Waals surface area contributed by atoms with Crippen LogP contribution in [-0.2, 0) is 6.61 Å². The van der Waals surface area contributed by atoms with Gasteiger partial charge in [0.25, 0.3) is 0 Å². The number of hydrogen-bond acceptors (Lipinski definition) is 2. The zero-order chi connectivity index (χ0) is 12.3. The van der Waals surface area contributed by atoms with E-state index in [0.29, 0.717) is 11.8 Å². The number of nitrogens with zero attached hydrogens (tertiary/aromatic N) is 1. The summed E-state index contributed by atoms with van der Waals surface area (Å²) >= 11 is 5.70. The molecule has 0 spiro atoms. The molecule has 2 nitrogen and oxygen atoms in total. The Morgan fingerprint density at radius 1 is 1.12 bits per heavy atom. The average Bonchev–Trinajstić information content (AvgIpc) is 2.27. The summed E-state index contributed by atoms with van der Waals surface area (Å²) in [6.07, 6.45) is 1.63. The first-order chi connectivity index (χ1) is 8.13. The largest absolute Gasteiger partial charge is 0.487 e. The summed E-state index contributed by atoms with van der Waals surface area (Å²) in [6, 6.07) is 9.93. The minimum Gasteiger partial charge on any atom is -0.487 e. The van der Waals surface area contributed by atoms with Gasteiger partial charge in [0.15, 0.2) is 0 Å². The van der Waals surface area contributed by atoms with Gasteiger partial charge < -0.3 is 4.74 Å². The Balaban J connectivity index is 2.04. The first-order valence-corrected chi connectivity index (χ1v) is 5.83. The summed E-state index contributed by atoms with van der Waals surface area (Å²) in [5.74, 6) is 0.730. The van der Waals surface area contributed by atoms with Crippen LogP contribution in [0.4, 0.5) is 0 Å². The van der Waals surface area contributed by atoms with Crippen molar-refractivity contribution in [2.24, 2.45) is 0 Å². The monoisotopic (exact) mass is 247 g/mol. The summed E-state index contributed by atoms with van der Waals surface area (Å²) in [6.45, 7) is 4.71. The highest BCUT2D eigenvalue weighted by Crippen LogP contribution is 2.15. The van der Waals surface area contributed by atoms with E-state index in [1.54, 1.807) is 12.3 Å². The van der Waals surface area contributed by atoms with Gasteiger partial charge in [-0.3, -0.25) is 0 Å². The number of hydrogen-bond donors (Lipinski definition) is 0. The van der Waals surface area contributed by atoms with E-state index >= 15 is 0 Å². The topological polar surface area (TPSA) is 22.1 Å². The van der Waals surface area contributed by atoms with Crippen molar-refractivity contribution in [1.82, 2.24) is 4.98 Å². The van der Waals surface area contributed by atoms with E-state index in [1.165, 1.54) is 11.1 Å². The second-order valence-electron chi connectivity index (χ2n) is 4.10. The molecule has 0 aliphatic rings. The Bertz CT molecular complexity index is 488. The number of rotatable bonds is 3. The maximum absolute atomic E-state index is 5.70. The standard InChI is InChI=1S/C14H14ClNO/c1-10-5-11(2)7-12(6-10)9-17-13-3-4-14(15)16-8-13/h3-8H,9H2,1-2H3. The molecule has 0 saturated carbocycles. The summed E-state index contributed by atoms with van der Waals surface area (Å²) in [7, 11) is 0. The zero-order valence-electron chi connectivity index (χ0n) is 9.90. The van der Waals surface area contributed by atoms with Gasteiger partial charge in [-0.1, -0.05) is 40.9 Å². The van der Waals surface area contributed by atoms with Crippen LogP contribution in [0.3, 0.4) is 0 Å². The van der Waals surface area contributed by atoms with Crippen molar-refractivity contribution in [1.29, 1.82) is 0 Å². The van der Waals surface area contributed by atoms with Gasteiger partial charge in [0, 0.05) is 0 Å². The molecular formula is C14H14ClNO. The Morgan fingerprint density at radius 2 is 1.82 bits per heavy atom. The van der Waals surface area contributed by atoms with Crippen LogP contribution in [-0.4, -0.2) is 4.98 Å². The van der Waals surface area contributed by atoms with E-state index in [0.717, 1.165) is 11.3 Å². The number of ether oxygens (including phenoxy) is 1. The first-order valence-electron chi connectivity index (χ1n) is 5.45. The van der Waals surface area contributed by atoms with E-state index in [4.69, 9.17) is 16.3 Å². The number of aryl methyl sites for hydroxylation is 2. The van der Waals surface area contributed by atoms with E-state index in [1.807, 2.05) is 6.07 Å². The SMILES string of the molecule is Cc1cc(C)cc(COc2ccc(Cl)nc2)c1. The molecule has 17 heavy (non-hydrogen) atoms. The van der Waals surface area contributed by atoms with Crippen LogP contribution in [0.2, 0.25) is 5.15 Å². The third-order valence-corrected chi connectivity index (χ3v) is 2.61. The van der Waals surface area contributed by atoms with Crippen LogP contribution >= 0.6 is 11.6 Å². The molecule has 0 aliphatic heterocycles. The smallest absolute Gasteiger partial charge is 0.138 e. The highest BCUT2D eigenvalue weighted by Gasteiger charge is 1.99. The van der Waals surface area contributed by atoms with E-state index < -0.39 is 0 Å². The Labute approximate surface area is 106 Å². The predicted octanol–water partition coefficient (Wildman–Crippen LogP) is 3.93. The minimum absolute atomic E-state index is 0.476. The molecule has 0 saturated heterocycles. The molecule has 2 aromatic rings. The molecule has 2 rings (SSSR count). The van der Waals surface area contributed by atoms with Crippen molar-refractivity contribution in [3.63, 3.8) is 0 Å². The molecule has 0 aliphatic carbocycles. The molecule has 0 radical (unpaired) electrons. The van der Waals surface area contributed by atoms with Crippen molar-refractivity contribution in [2.75, 3.05) is 0 Å². The lowest BCUT2D eigenvalue weighted by Gasteiger charge is -2.07. The van der Waals surface area contributed by atoms with Crippen LogP contribution < -0.4 is 4.74 Å². The molecule has 0 unspecified atom stereocenters. The van der Waals surface area contributed by atoms with Gasteiger partial charge in [-0.2, -0.15) is 0 Å². The van der Waals surface area contributed by atoms with E-state index in [9.17, 15) is 0 Å². The van der Waals surface area contributed by atoms with Gasteiger partial charge in [-0.05, 0) is 31.5 Å². The molecule has 0 fully saturated rings. The molecule has 1 aromatic carbocycles. The highest BCUT2D eigenvalue weighted by atomic mass is 35.5.